The van der Waals surface area contributed by atoms with E-state index in [2.05, 4.69) is 4.74 Å². The minimum atomic E-state index is -4.64. The molecule has 0 saturated carbocycles. The molecule has 0 aromatic heterocycles. The maximum absolute atomic E-state index is 10.2. The highest BCUT2D eigenvalue weighted by Crippen LogP contribution is 2.25. The van der Waals surface area contributed by atoms with Crippen molar-refractivity contribution in [2.24, 2.45) is 0 Å². The number of cyclic esters (lactones) is 2. The van der Waals surface area contributed by atoms with Crippen LogP contribution >= 0.6 is 7.82 Å². The Morgan fingerprint density at radius 3 is 1.54 bits per heavy atom. The van der Waals surface area contributed by atoms with Crippen LogP contribution in [0.4, 0.5) is 0 Å². The molecule has 1 fully saturated rings. The van der Waals surface area contributed by atoms with Crippen LogP contribution in [-0.4, -0.2) is 26.6 Å². The van der Waals surface area contributed by atoms with Crippen molar-refractivity contribution < 1.29 is 33.6 Å². The summed E-state index contributed by atoms with van der Waals surface area (Å²) in [5.74, 6) is -0.775. The predicted octanol–water partition coefficient (Wildman–Crippen LogP) is -0.689. The van der Waals surface area contributed by atoms with Gasteiger partial charge >= 0.3 is 19.8 Å². The van der Waals surface area contributed by atoms with Crippen molar-refractivity contribution >= 4 is 19.8 Å². The van der Waals surface area contributed by atoms with E-state index < -0.39 is 7.82 Å². The molecule has 1 saturated heterocycles. The molecule has 0 aliphatic carbocycles. The first-order valence-electron chi connectivity index (χ1n) is 3.31. The zero-order valence-corrected chi connectivity index (χ0v) is 7.44. The maximum atomic E-state index is 10.2. The summed E-state index contributed by atoms with van der Waals surface area (Å²) in [6.07, 6.45) is 1.44. The lowest BCUT2D eigenvalue weighted by Crippen LogP contribution is -2.17. The average molecular weight is 212 g/mol. The molecule has 1 aliphatic rings. The molecule has 0 bridgehead atoms. The molecular weight excluding hydrogens is 203 g/mol. The van der Waals surface area contributed by atoms with E-state index in [-0.39, 0.29) is 11.9 Å². The van der Waals surface area contributed by atoms with E-state index in [9.17, 15) is 9.59 Å². The molecule has 0 spiro atoms. The van der Waals surface area contributed by atoms with Crippen LogP contribution in [0.15, 0.2) is 0 Å². The molecule has 7 nitrogen and oxygen atoms in total. The van der Waals surface area contributed by atoms with E-state index in [0.29, 0.717) is 19.3 Å². The van der Waals surface area contributed by atoms with Crippen LogP contribution in [0.3, 0.4) is 0 Å². The molecule has 3 N–H and O–H groups in total. The third kappa shape index (κ3) is 11.2. The number of hydrogen-bond acceptors (Lipinski definition) is 4. The number of carbonyl (C=O) groups is 2. The highest BCUT2D eigenvalue weighted by Gasteiger charge is 2.15. The lowest BCUT2D eigenvalue weighted by atomic mass is 10.2. The third-order valence-electron chi connectivity index (χ3n) is 0.989. The first-order chi connectivity index (χ1) is 5.79. The van der Waals surface area contributed by atoms with E-state index in [0.717, 1.165) is 0 Å². The van der Waals surface area contributed by atoms with E-state index in [1.165, 1.54) is 0 Å². The summed E-state index contributed by atoms with van der Waals surface area (Å²) in [5, 5.41) is 0. The van der Waals surface area contributed by atoms with Gasteiger partial charge in [0.1, 0.15) is 0 Å². The van der Waals surface area contributed by atoms with Crippen molar-refractivity contribution in [2.45, 2.75) is 19.3 Å². The second kappa shape index (κ2) is 5.08. The second-order valence-electron chi connectivity index (χ2n) is 2.21. The minimum absolute atomic E-state index is 0.388. The zero-order chi connectivity index (χ0) is 10.5. The third-order valence-corrected chi connectivity index (χ3v) is 0.989. The highest BCUT2D eigenvalue weighted by atomic mass is 31.2. The maximum Gasteiger partial charge on any atom is 0.466 e. The molecule has 8 heteroatoms. The molecule has 0 unspecified atom stereocenters. The number of carbonyl (C=O) groups excluding carboxylic acids is 2. The Labute approximate surface area is 73.6 Å². The summed E-state index contributed by atoms with van der Waals surface area (Å²) in [4.78, 5) is 42.0. The minimum Gasteiger partial charge on any atom is -0.393 e. The van der Waals surface area contributed by atoms with Crippen LogP contribution in [0.1, 0.15) is 19.3 Å². The van der Waals surface area contributed by atoms with Crippen LogP contribution in [-0.2, 0) is 18.9 Å². The smallest absolute Gasteiger partial charge is 0.393 e. The lowest BCUT2D eigenvalue weighted by Gasteiger charge is -2.06. The van der Waals surface area contributed by atoms with Crippen molar-refractivity contribution in [3.63, 3.8) is 0 Å². The monoisotopic (exact) mass is 212 g/mol. The normalized spacial score (nSPS) is 17.2. The van der Waals surface area contributed by atoms with Crippen molar-refractivity contribution in [3.05, 3.63) is 0 Å². The van der Waals surface area contributed by atoms with Crippen LogP contribution in [0.25, 0.3) is 0 Å². The Bertz CT molecular complexity index is 219. The van der Waals surface area contributed by atoms with Crippen molar-refractivity contribution in [1.29, 1.82) is 0 Å². The molecule has 0 atom stereocenters. The molecule has 1 aliphatic heterocycles. The van der Waals surface area contributed by atoms with E-state index in [4.69, 9.17) is 19.2 Å². The van der Waals surface area contributed by atoms with Crippen molar-refractivity contribution in [1.82, 2.24) is 0 Å². The molecule has 0 radical (unpaired) electrons. The molecule has 76 valence electrons. The topological polar surface area (TPSA) is 121 Å². The molecule has 13 heavy (non-hydrogen) atoms. The fourth-order valence-corrected chi connectivity index (χ4v) is 0.606. The Kier molecular flexibility index (Phi) is 4.79. The number of hydrogen-bond donors (Lipinski definition) is 3. The molecule has 1 rings (SSSR count). The standard InChI is InChI=1S/C5H6O3.H3O4P/c6-4-2-1-3-5(7)8-4;1-5(2,3)4/h1-3H2;(H3,1,2,3,4). The summed E-state index contributed by atoms with van der Waals surface area (Å²) in [6.45, 7) is 0. The molecule has 0 aromatic carbocycles. The van der Waals surface area contributed by atoms with Gasteiger partial charge in [0.05, 0.1) is 0 Å². The number of esters is 2. The van der Waals surface area contributed by atoms with Gasteiger partial charge in [0.25, 0.3) is 0 Å². The second-order valence-corrected chi connectivity index (χ2v) is 3.24. The highest BCUT2D eigenvalue weighted by molar-refractivity contribution is 7.45. The van der Waals surface area contributed by atoms with Gasteiger partial charge in [-0.3, -0.25) is 9.59 Å². The average Bonchev–Trinajstić information content (AvgIpc) is 1.81. The summed E-state index contributed by atoms with van der Waals surface area (Å²) >= 11 is 0. The fourth-order valence-electron chi connectivity index (χ4n) is 0.606. The van der Waals surface area contributed by atoms with Gasteiger partial charge in [0.2, 0.25) is 0 Å². The van der Waals surface area contributed by atoms with Crippen LogP contribution in [0, 0.1) is 0 Å². The van der Waals surface area contributed by atoms with E-state index in [1.54, 1.807) is 0 Å². The van der Waals surface area contributed by atoms with Crippen molar-refractivity contribution in [2.75, 3.05) is 0 Å². The quantitative estimate of drug-likeness (QED) is 0.276. The zero-order valence-electron chi connectivity index (χ0n) is 6.54. The predicted molar refractivity (Wildman–Crippen MR) is 39.2 cm³/mol. The Morgan fingerprint density at radius 1 is 1.08 bits per heavy atom. The number of rotatable bonds is 0. The molecule has 1 heterocycles. The van der Waals surface area contributed by atoms with Crippen LogP contribution in [0.5, 0.6) is 0 Å². The Morgan fingerprint density at radius 2 is 1.38 bits per heavy atom. The lowest BCUT2D eigenvalue weighted by molar-refractivity contribution is -0.163. The molecule has 0 amide bonds. The van der Waals surface area contributed by atoms with Gasteiger partial charge in [0.15, 0.2) is 0 Å². The summed E-state index contributed by atoms with van der Waals surface area (Å²) in [5.41, 5.74) is 0. The van der Waals surface area contributed by atoms with Gasteiger partial charge in [-0.05, 0) is 6.42 Å². The van der Waals surface area contributed by atoms with Gasteiger partial charge in [-0.2, -0.15) is 0 Å². The summed E-state index contributed by atoms with van der Waals surface area (Å²) in [6, 6.07) is 0. The summed E-state index contributed by atoms with van der Waals surface area (Å²) < 4.78 is 13.1. The van der Waals surface area contributed by atoms with E-state index >= 15 is 0 Å². The fraction of sp³-hybridized carbons (Fsp3) is 0.600. The van der Waals surface area contributed by atoms with E-state index in [1.807, 2.05) is 0 Å². The van der Waals surface area contributed by atoms with Gasteiger partial charge in [-0.25, -0.2) is 4.57 Å². The van der Waals surface area contributed by atoms with Crippen LogP contribution < -0.4 is 0 Å². The van der Waals surface area contributed by atoms with Gasteiger partial charge < -0.3 is 19.4 Å². The first kappa shape index (κ1) is 12.2. The van der Waals surface area contributed by atoms with Crippen LogP contribution in [0.2, 0.25) is 0 Å². The Balaban J connectivity index is 0.000000252. The largest absolute Gasteiger partial charge is 0.466 e. The Hall–Kier alpha value is -0.750. The van der Waals surface area contributed by atoms with Gasteiger partial charge in [0, 0.05) is 12.8 Å². The molecular formula is C5H9O7P. The first-order valence-corrected chi connectivity index (χ1v) is 4.87. The number of ether oxygens (including phenoxy) is 1. The molecule has 0 aromatic rings. The SMILES string of the molecule is O=C1CCCC(=O)O1.O=P(O)(O)O. The number of phosphoric acid groups is 1. The summed E-state index contributed by atoms with van der Waals surface area (Å²) in [7, 11) is -4.64. The van der Waals surface area contributed by atoms with Gasteiger partial charge in [-0.1, -0.05) is 0 Å². The van der Waals surface area contributed by atoms with Gasteiger partial charge in [-0.15, -0.1) is 0 Å². The van der Waals surface area contributed by atoms with Crippen molar-refractivity contribution in [3.8, 4) is 0 Å².